The van der Waals surface area contributed by atoms with Crippen molar-refractivity contribution >= 4 is 0 Å². The SMILES string of the molecule is CCN1C[C@H](O)C2(CC2)C1. The molecule has 0 amide bonds. The van der Waals surface area contributed by atoms with E-state index in [2.05, 4.69) is 11.8 Å². The molecule has 0 aromatic rings. The van der Waals surface area contributed by atoms with E-state index in [9.17, 15) is 5.11 Å². The van der Waals surface area contributed by atoms with Crippen molar-refractivity contribution in [1.29, 1.82) is 0 Å². The molecule has 1 saturated carbocycles. The van der Waals surface area contributed by atoms with Gasteiger partial charge in [-0.25, -0.2) is 0 Å². The van der Waals surface area contributed by atoms with Crippen LogP contribution in [-0.2, 0) is 0 Å². The zero-order valence-corrected chi connectivity index (χ0v) is 6.51. The van der Waals surface area contributed by atoms with Crippen molar-refractivity contribution in [3.8, 4) is 0 Å². The Balaban J connectivity index is 2.01. The molecule has 0 aromatic heterocycles. The quantitative estimate of drug-likeness (QED) is 0.573. The highest BCUT2D eigenvalue weighted by Gasteiger charge is 2.53. The highest BCUT2D eigenvalue weighted by molar-refractivity contribution is 5.06. The Bertz CT molecular complexity index is 142. The van der Waals surface area contributed by atoms with Crippen LogP contribution in [0.4, 0.5) is 0 Å². The van der Waals surface area contributed by atoms with Crippen LogP contribution in [0.2, 0.25) is 0 Å². The minimum absolute atomic E-state index is 0.0209. The molecule has 2 heteroatoms. The van der Waals surface area contributed by atoms with Crippen LogP contribution in [0, 0.1) is 5.41 Å². The van der Waals surface area contributed by atoms with Crippen molar-refractivity contribution < 1.29 is 5.11 Å². The smallest absolute Gasteiger partial charge is 0.0735 e. The first-order valence-corrected chi connectivity index (χ1v) is 4.17. The van der Waals surface area contributed by atoms with Gasteiger partial charge in [0.25, 0.3) is 0 Å². The summed E-state index contributed by atoms with van der Waals surface area (Å²) in [6.45, 7) is 5.31. The lowest BCUT2D eigenvalue weighted by Gasteiger charge is -2.10. The van der Waals surface area contributed by atoms with Gasteiger partial charge in [-0.3, -0.25) is 0 Å². The van der Waals surface area contributed by atoms with Crippen molar-refractivity contribution in [1.82, 2.24) is 4.90 Å². The molecule has 1 heterocycles. The molecule has 0 bridgehead atoms. The van der Waals surface area contributed by atoms with E-state index in [-0.39, 0.29) is 6.10 Å². The Morgan fingerprint density at radius 1 is 1.60 bits per heavy atom. The topological polar surface area (TPSA) is 23.5 Å². The maximum Gasteiger partial charge on any atom is 0.0735 e. The molecule has 2 rings (SSSR count). The predicted molar refractivity (Wildman–Crippen MR) is 39.8 cm³/mol. The molecule has 58 valence electrons. The number of likely N-dealkylation sites (tertiary alicyclic amines) is 1. The maximum atomic E-state index is 9.58. The molecule has 2 aliphatic rings. The van der Waals surface area contributed by atoms with Gasteiger partial charge in [-0.2, -0.15) is 0 Å². The Morgan fingerprint density at radius 3 is 2.60 bits per heavy atom. The van der Waals surface area contributed by atoms with Gasteiger partial charge in [0.15, 0.2) is 0 Å². The van der Waals surface area contributed by atoms with E-state index in [4.69, 9.17) is 0 Å². The van der Waals surface area contributed by atoms with Gasteiger partial charge in [0.1, 0.15) is 0 Å². The largest absolute Gasteiger partial charge is 0.391 e. The Morgan fingerprint density at radius 2 is 2.30 bits per heavy atom. The molecule has 2 fully saturated rings. The number of hydrogen-bond acceptors (Lipinski definition) is 2. The zero-order chi connectivity index (χ0) is 7.19. The van der Waals surface area contributed by atoms with Crippen LogP contribution >= 0.6 is 0 Å². The number of likely N-dealkylation sites (N-methyl/N-ethyl adjacent to an activating group) is 1. The van der Waals surface area contributed by atoms with Crippen LogP contribution in [0.1, 0.15) is 19.8 Å². The van der Waals surface area contributed by atoms with Gasteiger partial charge in [0, 0.05) is 18.5 Å². The molecular formula is C8H15NO. The Hall–Kier alpha value is -0.0800. The molecule has 0 aromatic carbocycles. The third-order valence-electron chi connectivity index (χ3n) is 3.02. The Labute approximate surface area is 61.8 Å². The molecule has 1 aliphatic heterocycles. The lowest BCUT2D eigenvalue weighted by atomic mass is 10.0. The number of aliphatic hydroxyl groups is 1. The number of aliphatic hydroxyl groups excluding tert-OH is 1. The zero-order valence-electron chi connectivity index (χ0n) is 6.51. The van der Waals surface area contributed by atoms with Crippen molar-refractivity contribution in [3.63, 3.8) is 0 Å². The van der Waals surface area contributed by atoms with Gasteiger partial charge in [-0.05, 0) is 19.4 Å². The standard InChI is InChI=1S/C8H15NO/c1-2-9-5-7(10)8(6-9)3-4-8/h7,10H,2-6H2,1H3/t7-/m0/s1. The van der Waals surface area contributed by atoms with Crippen LogP contribution in [-0.4, -0.2) is 35.7 Å². The predicted octanol–water partition coefficient (Wildman–Crippen LogP) is 0.463. The highest BCUT2D eigenvalue weighted by Crippen LogP contribution is 2.52. The normalized spacial score (nSPS) is 37.2. The summed E-state index contributed by atoms with van der Waals surface area (Å²) in [5.74, 6) is 0. The number of nitrogens with zero attached hydrogens (tertiary/aromatic N) is 1. The molecule has 0 radical (unpaired) electrons. The molecule has 1 atom stereocenters. The second kappa shape index (κ2) is 1.95. The minimum atomic E-state index is -0.0209. The average molecular weight is 141 g/mol. The van der Waals surface area contributed by atoms with Crippen molar-refractivity contribution in [3.05, 3.63) is 0 Å². The number of hydrogen-bond donors (Lipinski definition) is 1. The fraction of sp³-hybridized carbons (Fsp3) is 1.00. The summed E-state index contributed by atoms with van der Waals surface area (Å²) < 4.78 is 0. The van der Waals surface area contributed by atoms with E-state index in [0.29, 0.717) is 5.41 Å². The first-order chi connectivity index (χ1) is 4.77. The summed E-state index contributed by atoms with van der Waals surface area (Å²) >= 11 is 0. The third kappa shape index (κ3) is 0.789. The summed E-state index contributed by atoms with van der Waals surface area (Å²) in [4.78, 5) is 2.34. The molecule has 1 aliphatic carbocycles. The van der Waals surface area contributed by atoms with E-state index in [1.165, 1.54) is 12.8 Å². The highest BCUT2D eigenvalue weighted by atomic mass is 16.3. The van der Waals surface area contributed by atoms with Gasteiger partial charge >= 0.3 is 0 Å². The van der Waals surface area contributed by atoms with Crippen molar-refractivity contribution in [2.45, 2.75) is 25.9 Å². The molecule has 0 unspecified atom stereocenters. The van der Waals surface area contributed by atoms with Crippen LogP contribution in [0.25, 0.3) is 0 Å². The van der Waals surface area contributed by atoms with Gasteiger partial charge in [0.05, 0.1) is 6.10 Å². The fourth-order valence-electron chi connectivity index (χ4n) is 1.95. The van der Waals surface area contributed by atoms with E-state index in [1.807, 2.05) is 0 Å². The van der Waals surface area contributed by atoms with Gasteiger partial charge in [-0.15, -0.1) is 0 Å². The lowest BCUT2D eigenvalue weighted by Crippen LogP contribution is -2.21. The summed E-state index contributed by atoms with van der Waals surface area (Å²) in [6, 6.07) is 0. The second-order valence-electron chi connectivity index (χ2n) is 3.71. The third-order valence-corrected chi connectivity index (χ3v) is 3.02. The Kier molecular flexibility index (Phi) is 1.29. The van der Waals surface area contributed by atoms with Crippen molar-refractivity contribution in [2.24, 2.45) is 5.41 Å². The summed E-state index contributed by atoms with van der Waals surface area (Å²) in [6.07, 6.45) is 2.49. The monoisotopic (exact) mass is 141 g/mol. The molecule has 10 heavy (non-hydrogen) atoms. The van der Waals surface area contributed by atoms with Crippen LogP contribution < -0.4 is 0 Å². The molecule has 1 N–H and O–H groups in total. The second-order valence-corrected chi connectivity index (χ2v) is 3.71. The van der Waals surface area contributed by atoms with Gasteiger partial charge in [-0.1, -0.05) is 6.92 Å². The van der Waals surface area contributed by atoms with Crippen LogP contribution in [0.5, 0.6) is 0 Å². The molecule has 1 spiro atoms. The van der Waals surface area contributed by atoms with Gasteiger partial charge < -0.3 is 10.0 Å². The van der Waals surface area contributed by atoms with Crippen LogP contribution in [0.15, 0.2) is 0 Å². The molecule has 1 saturated heterocycles. The summed E-state index contributed by atoms with van der Waals surface area (Å²) in [5.41, 5.74) is 0.357. The first-order valence-electron chi connectivity index (χ1n) is 4.17. The van der Waals surface area contributed by atoms with Crippen molar-refractivity contribution in [2.75, 3.05) is 19.6 Å². The average Bonchev–Trinajstić information content (AvgIpc) is 2.60. The lowest BCUT2D eigenvalue weighted by molar-refractivity contribution is 0.131. The number of β-amino-alcohol motifs (C(OH)–C–C–N with tert-alkyl or cyclic N) is 1. The summed E-state index contributed by atoms with van der Waals surface area (Å²) in [7, 11) is 0. The van der Waals surface area contributed by atoms with E-state index < -0.39 is 0 Å². The first kappa shape index (κ1) is 6.62. The van der Waals surface area contributed by atoms with E-state index >= 15 is 0 Å². The molecule has 2 nitrogen and oxygen atoms in total. The van der Waals surface area contributed by atoms with Gasteiger partial charge in [0.2, 0.25) is 0 Å². The van der Waals surface area contributed by atoms with E-state index in [0.717, 1.165) is 19.6 Å². The molecular weight excluding hydrogens is 126 g/mol. The minimum Gasteiger partial charge on any atom is -0.391 e. The fourth-order valence-corrected chi connectivity index (χ4v) is 1.95. The summed E-state index contributed by atoms with van der Waals surface area (Å²) in [5, 5.41) is 9.58. The van der Waals surface area contributed by atoms with E-state index in [1.54, 1.807) is 0 Å². The van der Waals surface area contributed by atoms with Crippen LogP contribution in [0.3, 0.4) is 0 Å². The maximum absolute atomic E-state index is 9.58. The number of rotatable bonds is 1.